The van der Waals surface area contributed by atoms with Crippen LogP contribution in [0.4, 0.5) is 0 Å². The van der Waals surface area contributed by atoms with E-state index in [1.54, 1.807) is 0 Å². The van der Waals surface area contributed by atoms with Crippen molar-refractivity contribution in [1.82, 2.24) is 5.32 Å². The van der Waals surface area contributed by atoms with Crippen molar-refractivity contribution in [2.75, 3.05) is 13.7 Å². The molecule has 1 aromatic rings. The largest absolute Gasteiger partial charge is 0.400 e. The summed E-state index contributed by atoms with van der Waals surface area (Å²) in [5.74, 6) is 2.53. The Hall–Kier alpha value is -1.92. The van der Waals surface area contributed by atoms with Crippen LogP contribution in [0.1, 0.15) is 262 Å². The smallest absolute Gasteiger partial charge is 0.219 e. The number of hydrogen-bond donors (Lipinski definition) is 5. The highest BCUT2D eigenvalue weighted by molar-refractivity contribution is 5.75. The molecular weight excluding hydrogens is 915 g/mol. The molecule has 1 saturated heterocycles. The molecule has 10 heteroatoms. The molecule has 73 heavy (non-hydrogen) atoms. The zero-order valence-electron chi connectivity index (χ0n) is 53.1. The molecule has 0 aliphatic carbocycles. The summed E-state index contributed by atoms with van der Waals surface area (Å²) in [6.07, 6.45) is 15.1. The lowest BCUT2D eigenvalue weighted by Crippen LogP contribution is -2.39. The Balaban J connectivity index is -0.000000153. The van der Waals surface area contributed by atoms with Gasteiger partial charge in [0.25, 0.3) is 0 Å². The first-order valence-corrected chi connectivity index (χ1v) is 29.9. The molecule has 1 fully saturated rings. The summed E-state index contributed by atoms with van der Waals surface area (Å²) < 4.78 is 18.0. The summed E-state index contributed by atoms with van der Waals surface area (Å²) in [5, 5.41) is 38.8. The van der Waals surface area contributed by atoms with Gasteiger partial charge in [-0.05, 0) is 127 Å². The zero-order chi connectivity index (χ0) is 58.5. The van der Waals surface area contributed by atoms with E-state index >= 15 is 0 Å². The summed E-state index contributed by atoms with van der Waals surface area (Å²) in [4.78, 5) is 22.1. The fraction of sp³-hybridized carbons (Fsp3) is 0.873. The number of aryl methyl sites for hydroxylation is 1. The predicted molar refractivity (Wildman–Crippen MR) is 318 cm³/mol. The van der Waals surface area contributed by atoms with Crippen LogP contribution >= 0.6 is 0 Å². The lowest BCUT2D eigenvalue weighted by atomic mass is 9.77. The first-order valence-electron chi connectivity index (χ1n) is 29.9. The van der Waals surface area contributed by atoms with Crippen LogP contribution in [0.15, 0.2) is 30.3 Å². The minimum absolute atomic E-state index is 0.0770. The summed E-state index contributed by atoms with van der Waals surface area (Å²) in [6.45, 7) is 50.2. The molecule has 0 bridgehead atoms. The average molecular weight is 1050 g/mol. The molecule has 12 atom stereocenters. The summed E-state index contributed by atoms with van der Waals surface area (Å²) in [5.41, 5.74) is 0.809. The third-order valence-electron chi connectivity index (χ3n) is 12.7. The van der Waals surface area contributed by atoms with E-state index < -0.39 is 17.8 Å². The molecule has 0 aromatic heterocycles. The van der Waals surface area contributed by atoms with Crippen LogP contribution in [0.5, 0.6) is 0 Å². The van der Waals surface area contributed by atoms with Gasteiger partial charge in [0.15, 0.2) is 6.29 Å². The van der Waals surface area contributed by atoms with E-state index in [1.165, 1.54) is 24.8 Å². The number of hydrogen-bond acceptors (Lipinski definition) is 9. The minimum atomic E-state index is -0.568. The van der Waals surface area contributed by atoms with Gasteiger partial charge in [-0.3, -0.25) is 4.79 Å². The number of unbranched alkanes of at least 4 members (excludes halogenated alkanes) is 1. The van der Waals surface area contributed by atoms with E-state index in [-0.39, 0.29) is 30.3 Å². The van der Waals surface area contributed by atoms with E-state index in [1.807, 2.05) is 103 Å². The Labute approximate surface area is 456 Å². The summed E-state index contributed by atoms with van der Waals surface area (Å²) in [7, 11) is 1.00. The number of carbonyl (C=O) groups excluding carboxylic acids is 2. The van der Waals surface area contributed by atoms with Gasteiger partial charge in [-0.25, -0.2) is 0 Å². The third kappa shape index (κ3) is 49.4. The standard InChI is InChI=1S/C18H36O2.C15H30O3.C14H21NO.C7H16O2.4C2H6.CH4O/c1-7-13(3)12-18(6,19)14(4)9-17-11-16(8-2)10-15(5)20-17;1-8-14(17-13(7)10(2)3)18-15(11(4)5)12(6)9-16;1-2-8-14(16)15-12-7-6-11-13-9-4-3-5-10-13;1-3-5-7(9)6(8)4-2;5*1-2/h13-17,19H,7-12H2,1-6H3;9-15H,8H2,1-7H3;3-5,9-10H,2,6-8,11-12H2,1H3,(H,15,16);6-9H,3-5H2,1-2H3;4*1-2H3;2H,1H3/t13-,14-,15?,16?,17?,18+;12?,13?,14-,15-;;;;;;;/m00......./s1. The second-order valence-electron chi connectivity index (χ2n) is 19.7. The fourth-order valence-electron chi connectivity index (χ4n) is 7.73. The number of aldehydes is 1. The maximum absolute atomic E-state index is 11.2. The highest BCUT2D eigenvalue weighted by atomic mass is 16.7. The number of aliphatic hydroxyl groups is 4. The molecule has 1 aliphatic rings. The van der Waals surface area contributed by atoms with Crippen LogP contribution in [0.2, 0.25) is 0 Å². The van der Waals surface area contributed by atoms with E-state index in [0.29, 0.717) is 55.1 Å². The van der Waals surface area contributed by atoms with Gasteiger partial charge in [-0.1, -0.05) is 195 Å². The molecule has 1 heterocycles. The molecule has 0 saturated carbocycles. The van der Waals surface area contributed by atoms with Gasteiger partial charge in [0.05, 0.1) is 42.2 Å². The van der Waals surface area contributed by atoms with Gasteiger partial charge in [0.2, 0.25) is 5.91 Å². The predicted octanol–water partition coefficient (Wildman–Crippen LogP) is 16.0. The van der Waals surface area contributed by atoms with Gasteiger partial charge >= 0.3 is 0 Å². The van der Waals surface area contributed by atoms with Gasteiger partial charge < -0.3 is 44.7 Å². The van der Waals surface area contributed by atoms with Gasteiger partial charge in [-0.15, -0.1) is 0 Å². The quantitative estimate of drug-likeness (QED) is 0.0329. The molecule has 1 aromatic carbocycles. The second-order valence-corrected chi connectivity index (χ2v) is 19.7. The zero-order valence-corrected chi connectivity index (χ0v) is 53.1. The Kier molecular flexibility index (Phi) is 69.1. The van der Waals surface area contributed by atoms with Gasteiger partial charge in [0.1, 0.15) is 6.29 Å². The molecule has 0 spiro atoms. The van der Waals surface area contributed by atoms with Crippen molar-refractivity contribution in [2.45, 2.75) is 311 Å². The summed E-state index contributed by atoms with van der Waals surface area (Å²) in [6, 6.07) is 10.5. The molecule has 5 N–H and O–H groups in total. The lowest BCUT2D eigenvalue weighted by molar-refractivity contribution is -0.213. The highest BCUT2D eigenvalue weighted by Crippen LogP contribution is 2.35. The molecule has 7 unspecified atom stereocenters. The van der Waals surface area contributed by atoms with E-state index in [0.717, 1.165) is 83.6 Å². The Bertz CT molecular complexity index is 1220. The van der Waals surface area contributed by atoms with Crippen LogP contribution in [0.3, 0.4) is 0 Å². The number of aliphatic hydroxyl groups excluding tert-OH is 3. The number of benzene rings is 1. The first-order chi connectivity index (χ1) is 34.7. The van der Waals surface area contributed by atoms with Crippen molar-refractivity contribution < 1.29 is 44.2 Å². The van der Waals surface area contributed by atoms with E-state index in [2.05, 4.69) is 98.8 Å². The van der Waals surface area contributed by atoms with Crippen LogP contribution in [0, 0.1) is 35.5 Å². The van der Waals surface area contributed by atoms with Crippen molar-refractivity contribution in [1.29, 1.82) is 0 Å². The Morgan fingerprint density at radius 1 is 0.767 bits per heavy atom. The molecule has 10 nitrogen and oxygen atoms in total. The topological polar surface area (TPSA) is 155 Å². The van der Waals surface area contributed by atoms with Crippen molar-refractivity contribution in [2.24, 2.45) is 35.5 Å². The Morgan fingerprint density at radius 3 is 1.74 bits per heavy atom. The van der Waals surface area contributed by atoms with Gasteiger partial charge in [-0.2, -0.15) is 0 Å². The van der Waals surface area contributed by atoms with Crippen molar-refractivity contribution in [3.8, 4) is 0 Å². The first kappa shape index (κ1) is 85.0. The SMILES string of the molecule is CC.CC.CC.CC.CCC1CC(C)OC(C[C@H](C)[C@](C)(O)C[C@@H](C)CC)C1.CCCC(=O)NCCCCc1ccccc1.CCCC(O)C(O)CC.CC[C@@H](OC(C)C(C)C)O[C@@H](C(C)C)C(C)C=O.CO. The maximum Gasteiger partial charge on any atom is 0.219 e. The van der Waals surface area contributed by atoms with Crippen molar-refractivity contribution >= 4 is 12.2 Å². The molecule has 1 aliphatic heterocycles. The van der Waals surface area contributed by atoms with Crippen LogP contribution in [0.25, 0.3) is 0 Å². The van der Waals surface area contributed by atoms with E-state index in [4.69, 9.17) is 29.5 Å². The molecular formula is C63H131NO9. The number of amides is 1. The Morgan fingerprint density at radius 2 is 1.32 bits per heavy atom. The fourth-order valence-corrected chi connectivity index (χ4v) is 7.73. The molecule has 1 amide bonds. The minimum Gasteiger partial charge on any atom is -0.400 e. The molecule has 0 radical (unpaired) electrons. The third-order valence-corrected chi connectivity index (χ3v) is 12.7. The number of rotatable bonds is 27. The number of ether oxygens (including phenoxy) is 3. The monoisotopic (exact) mass is 1050 g/mol. The van der Waals surface area contributed by atoms with Crippen LogP contribution < -0.4 is 5.32 Å². The number of carbonyl (C=O) groups is 2. The van der Waals surface area contributed by atoms with Crippen LogP contribution in [-0.2, 0) is 30.2 Å². The van der Waals surface area contributed by atoms with Crippen molar-refractivity contribution in [3.63, 3.8) is 0 Å². The maximum atomic E-state index is 11.2. The van der Waals surface area contributed by atoms with Crippen LogP contribution in [-0.4, -0.2) is 94.8 Å². The molecule has 2 rings (SSSR count). The lowest BCUT2D eigenvalue weighted by Gasteiger charge is -2.39. The van der Waals surface area contributed by atoms with Gasteiger partial charge in [0, 0.05) is 26.0 Å². The summed E-state index contributed by atoms with van der Waals surface area (Å²) >= 11 is 0. The van der Waals surface area contributed by atoms with E-state index in [9.17, 15) is 14.7 Å². The van der Waals surface area contributed by atoms with Crippen molar-refractivity contribution in [3.05, 3.63) is 35.9 Å². The normalized spacial score (nSPS) is 18.5. The average Bonchev–Trinajstić information content (AvgIpc) is 3.40. The highest BCUT2D eigenvalue weighted by Gasteiger charge is 2.34. The second kappa shape index (κ2) is 59.3. The molecule has 442 valence electrons. The number of nitrogens with one attached hydrogen (secondary N) is 1.